The molecule has 1 N–H and O–H groups in total. The average Bonchev–Trinajstić information content (AvgIpc) is 3.04. The molecule has 1 atom stereocenters. The van der Waals surface area contributed by atoms with Crippen LogP contribution in [0, 0.1) is 0 Å². The van der Waals surface area contributed by atoms with Gasteiger partial charge in [0.05, 0.1) is 12.7 Å². The van der Waals surface area contributed by atoms with E-state index in [-0.39, 0.29) is 6.10 Å². The average molecular weight is 215 g/mol. The summed E-state index contributed by atoms with van der Waals surface area (Å²) in [7, 11) is 0. The molecular weight excluding hydrogens is 190 g/mol. The molecule has 0 amide bonds. The van der Waals surface area contributed by atoms with E-state index in [1.165, 1.54) is 19.3 Å². The molecule has 0 aromatic heterocycles. The summed E-state index contributed by atoms with van der Waals surface area (Å²) < 4.78 is 10.9. The van der Waals surface area contributed by atoms with Crippen molar-refractivity contribution in [3.8, 4) is 0 Å². The van der Waals surface area contributed by atoms with Gasteiger partial charge in [-0.25, -0.2) is 0 Å². The van der Waals surface area contributed by atoms with Crippen molar-refractivity contribution in [2.45, 2.75) is 51.7 Å². The maximum Gasteiger partial charge on any atom is 0.0780 e. The minimum atomic E-state index is 0.237. The van der Waals surface area contributed by atoms with Crippen molar-refractivity contribution in [3.05, 3.63) is 0 Å². The molecule has 0 heterocycles. The Morgan fingerprint density at radius 1 is 1.33 bits per heavy atom. The Balaban J connectivity index is 1.74. The maximum absolute atomic E-state index is 5.61. The summed E-state index contributed by atoms with van der Waals surface area (Å²) in [5.74, 6) is 0. The predicted octanol–water partition coefficient (Wildman–Crippen LogP) is 1.96. The fourth-order valence-corrected chi connectivity index (χ4v) is 1.44. The normalized spacial score (nSPS) is 18.0. The standard InChI is InChI=1S/C12H25NO2/c1-3-14-10-11(2)15-9-5-4-8-13-12-6-7-12/h11-13H,3-10H2,1-2H3. The zero-order chi connectivity index (χ0) is 10.9. The molecular formula is C12H25NO2. The Morgan fingerprint density at radius 2 is 2.13 bits per heavy atom. The zero-order valence-corrected chi connectivity index (χ0v) is 10.1. The van der Waals surface area contributed by atoms with Gasteiger partial charge in [0.15, 0.2) is 0 Å². The third-order valence-corrected chi connectivity index (χ3v) is 2.54. The van der Waals surface area contributed by atoms with E-state index in [4.69, 9.17) is 9.47 Å². The van der Waals surface area contributed by atoms with Crippen LogP contribution in [0.4, 0.5) is 0 Å². The lowest BCUT2D eigenvalue weighted by Gasteiger charge is -2.12. The van der Waals surface area contributed by atoms with Crippen molar-refractivity contribution in [2.24, 2.45) is 0 Å². The van der Waals surface area contributed by atoms with Crippen molar-refractivity contribution >= 4 is 0 Å². The Bertz CT molecular complexity index is 149. The lowest BCUT2D eigenvalue weighted by Crippen LogP contribution is -2.19. The summed E-state index contributed by atoms with van der Waals surface area (Å²) in [6.45, 7) is 7.58. The number of ether oxygens (including phenoxy) is 2. The third-order valence-electron chi connectivity index (χ3n) is 2.54. The van der Waals surface area contributed by atoms with Gasteiger partial charge in [0.2, 0.25) is 0 Å². The van der Waals surface area contributed by atoms with E-state index in [2.05, 4.69) is 12.2 Å². The third kappa shape index (κ3) is 7.77. The second-order valence-electron chi connectivity index (χ2n) is 4.28. The van der Waals surface area contributed by atoms with Gasteiger partial charge in [-0.1, -0.05) is 0 Å². The van der Waals surface area contributed by atoms with Crippen molar-refractivity contribution in [2.75, 3.05) is 26.4 Å². The molecule has 1 unspecified atom stereocenters. The van der Waals surface area contributed by atoms with E-state index in [1.54, 1.807) is 0 Å². The van der Waals surface area contributed by atoms with Gasteiger partial charge in [-0.2, -0.15) is 0 Å². The second-order valence-corrected chi connectivity index (χ2v) is 4.28. The summed E-state index contributed by atoms with van der Waals surface area (Å²) in [5, 5.41) is 3.50. The molecule has 1 fully saturated rings. The van der Waals surface area contributed by atoms with E-state index in [9.17, 15) is 0 Å². The number of hydrogen-bond acceptors (Lipinski definition) is 3. The lowest BCUT2D eigenvalue weighted by atomic mass is 10.3. The summed E-state index contributed by atoms with van der Waals surface area (Å²) in [4.78, 5) is 0. The lowest BCUT2D eigenvalue weighted by molar-refractivity contribution is -0.00442. The van der Waals surface area contributed by atoms with Crippen molar-refractivity contribution in [3.63, 3.8) is 0 Å². The molecule has 1 aliphatic carbocycles. The summed E-state index contributed by atoms with van der Waals surface area (Å²) >= 11 is 0. The molecule has 0 aliphatic heterocycles. The quantitative estimate of drug-likeness (QED) is 0.565. The highest BCUT2D eigenvalue weighted by Crippen LogP contribution is 2.18. The van der Waals surface area contributed by atoms with Crippen LogP contribution >= 0.6 is 0 Å². The first-order valence-corrected chi connectivity index (χ1v) is 6.25. The minimum Gasteiger partial charge on any atom is -0.379 e. The van der Waals surface area contributed by atoms with Crippen LogP contribution < -0.4 is 5.32 Å². The first-order valence-electron chi connectivity index (χ1n) is 6.25. The number of hydrogen-bond donors (Lipinski definition) is 1. The Labute approximate surface area is 93.5 Å². The Morgan fingerprint density at radius 3 is 2.80 bits per heavy atom. The number of unbranched alkanes of at least 4 members (excludes halogenated alkanes) is 1. The molecule has 90 valence electrons. The van der Waals surface area contributed by atoms with Crippen LogP contribution in [0.5, 0.6) is 0 Å². The smallest absolute Gasteiger partial charge is 0.0780 e. The summed E-state index contributed by atoms with van der Waals surface area (Å²) in [5.41, 5.74) is 0. The van der Waals surface area contributed by atoms with Gasteiger partial charge < -0.3 is 14.8 Å². The van der Waals surface area contributed by atoms with Crippen molar-refractivity contribution < 1.29 is 9.47 Å². The highest BCUT2D eigenvalue weighted by atomic mass is 16.5. The molecule has 0 aromatic rings. The number of nitrogens with one attached hydrogen (secondary N) is 1. The topological polar surface area (TPSA) is 30.5 Å². The van der Waals surface area contributed by atoms with Gasteiger partial charge in [-0.15, -0.1) is 0 Å². The monoisotopic (exact) mass is 215 g/mol. The van der Waals surface area contributed by atoms with Crippen LogP contribution in [0.3, 0.4) is 0 Å². The fraction of sp³-hybridized carbons (Fsp3) is 1.00. The van der Waals surface area contributed by atoms with E-state index < -0.39 is 0 Å². The van der Waals surface area contributed by atoms with Crippen molar-refractivity contribution in [1.82, 2.24) is 5.32 Å². The minimum absolute atomic E-state index is 0.237. The van der Waals surface area contributed by atoms with Gasteiger partial charge in [-0.3, -0.25) is 0 Å². The highest BCUT2D eigenvalue weighted by Gasteiger charge is 2.19. The number of rotatable bonds is 10. The molecule has 3 heteroatoms. The van der Waals surface area contributed by atoms with Gasteiger partial charge in [0.1, 0.15) is 0 Å². The fourth-order valence-electron chi connectivity index (χ4n) is 1.44. The molecule has 3 nitrogen and oxygen atoms in total. The van der Waals surface area contributed by atoms with Gasteiger partial charge in [0, 0.05) is 19.3 Å². The Hall–Kier alpha value is -0.120. The van der Waals surface area contributed by atoms with Gasteiger partial charge >= 0.3 is 0 Å². The molecule has 1 aliphatic rings. The van der Waals surface area contributed by atoms with E-state index in [0.29, 0.717) is 0 Å². The first kappa shape index (κ1) is 12.9. The molecule has 1 saturated carbocycles. The van der Waals surface area contributed by atoms with E-state index >= 15 is 0 Å². The van der Waals surface area contributed by atoms with Crippen molar-refractivity contribution in [1.29, 1.82) is 0 Å². The van der Waals surface area contributed by atoms with Gasteiger partial charge in [0.25, 0.3) is 0 Å². The SMILES string of the molecule is CCOCC(C)OCCCCNC1CC1. The largest absolute Gasteiger partial charge is 0.379 e. The van der Waals surface area contributed by atoms with Crippen LogP contribution in [-0.2, 0) is 9.47 Å². The predicted molar refractivity (Wildman–Crippen MR) is 62.2 cm³/mol. The highest BCUT2D eigenvalue weighted by molar-refractivity contribution is 4.80. The molecule has 0 aromatic carbocycles. The molecule has 0 saturated heterocycles. The molecule has 0 radical (unpaired) electrons. The first-order chi connectivity index (χ1) is 7.33. The van der Waals surface area contributed by atoms with Crippen LogP contribution in [-0.4, -0.2) is 38.5 Å². The van der Waals surface area contributed by atoms with Crippen LogP contribution in [0.2, 0.25) is 0 Å². The van der Waals surface area contributed by atoms with Gasteiger partial charge in [-0.05, 0) is 46.1 Å². The molecule has 15 heavy (non-hydrogen) atoms. The Kier molecular flexibility index (Phi) is 6.98. The molecule has 0 bridgehead atoms. The summed E-state index contributed by atoms with van der Waals surface area (Å²) in [6.07, 6.45) is 5.36. The van der Waals surface area contributed by atoms with Crippen LogP contribution in [0.15, 0.2) is 0 Å². The zero-order valence-electron chi connectivity index (χ0n) is 10.1. The van der Waals surface area contributed by atoms with E-state index in [1.807, 2.05) is 6.92 Å². The molecule has 0 spiro atoms. The van der Waals surface area contributed by atoms with Crippen LogP contribution in [0.25, 0.3) is 0 Å². The van der Waals surface area contributed by atoms with E-state index in [0.717, 1.165) is 38.8 Å². The second kappa shape index (κ2) is 8.08. The van der Waals surface area contributed by atoms with Crippen LogP contribution in [0.1, 0.15) is 39.5 Å². The molecule has 1 rings (SSSR count). The maximum atomic E-state index is 5.61. The summed E-state index contributed by atoms with van der Waals surface area (Å²) in [6, 6.07) is 0.836.